The lowest BCUT2D eigenvalue weighted by atomic mass is 10.1. The Morgan fingerprint density at radius 3 is 2.35 bits per heavy atom. The molecule has 20 heavy (non-hydrogen) atoms. The number of hydrogen-bond acceptors (Lipinski definition) is 5. The minimum Gasteiger partial charge on any atom is -0.496 e. The van der Waals surface area contributed by atoms with E-state index in [2.05, 4.69) is 21.4 Å². The SMILES string of the molecule is CCOC(OCC)C(Cc1ccc(OC)c(Br)c1)NN. The van der Waals surface area contributed by atoms with Gasteiger partial charge in [0.25, 0.3) is 0 Å². The van der Waals surface area contributed by atoms with Crippen LogP contribution in [-0.2, 0) is 15.9 Å². The van der Waals surface area contributed by atoms with E-state index in [0.29, 0.717) is 19.6 Å². The summed E-state index contributed by atoms with van der Waals surface area (Å²) in [7, 11) is 1.64. The molecule has 0 saturated heterocycles. The first-order valence-electron chi connectivity index (χ1n) is 6.67. The molecule has 0 saturated carbocycles. The molecule has 1 atom stereocenters. The van der Waals surface area contributed by atoms with Crippen molar-refractivity contribution in [2.24, 2.45) is 5.84 Å². The zero-order valence-electron chi connectivity index (χ0n) is 12.2. The molecule has 0 bridgehead atoms. The number of halogens is 1. The molecule has 0 aliphatic carbocycles. The van der Waals surface area contributed by atoms with Gasteiger partial charge in [0.15, 0.2) is 6.29 Å². The maximum atomic E-state index is 5.63. The average molecular weight is 347 g/mol. The second-order valence-corrected chi connectivity index (χ2v) is 5.08. The van der Waals surface area contributed by atoms with Gasteiger partial charge in [0.05, 0.1) is 17.6 Å². The summed E-state index contributed by atoms with van der Waals surface area (Å²) in [6.07, 6.45) is 0.333. The van der Waals surface area contributed by atoms with Crippen molar-refractivity contribution < 1.29 is 14.2 Å². The summed E-state index contributed by atoms with van der Waals surface area (Å²) < 4.78 is 17.3. The third-order valence-electron chi connectivity index (χ3n) is 2.88. The molecular formula is C14H23BrN2O3. The predicted octanol–water partition coefficient (Wildman–Crippen LogP) is 2.23. The van der Waals surface area contributed by atoms with E-state index in [1.54, 1.807) is 7.11 Å². The average Bonchev–Trinajstić information content (AvgIpc) is 2.45. The second kappa shape index (κ2) is 9.31. The Labute approximate surface area is 128 Å². The molecule has 1 aromatic carbocycles. The van der Waals surface area contributed by atoms with Gasteiger partial charge in [0.2, 0.25) is 0 Å². The second-order valence-electron chi connectivity index (χ2n) is 4.23. The highest BCUT2D eigenvalue weighted by molar-refractivity contribution is 9.10. The summed E-state index contributed by atoms with van der Waals surface area (Å²) in [5, 5.41) is 0. The Kier molecular flexibility index (Phi) is 8.09. The molecule has 1 aromatic rings. The van der Waals surface area contributed by atoms with Gasteiger partial charge in [-0.2, -0.15) is 0 Å². The van der Waals surface area contributed by atoms with Crippen molar-refractivity contribution in [2.75, 3.05) is 20.3 Å². The van der Waals surface area contributed by atoms with Crippen molar-refractivity contribution in [3.63, 3.8) is 0 Å². The molecule has 5 nitrogen and oxygen atoms in total. The molecule has 0 aromatic heterocycles. The molecule has 114 valence electrons. The van der Waals surface area contributed by atoms with Crippen LogP contribution in [0.15, 0.2) is 22.7 Å². The summed E-state index contributed by atoms with van der Waals surface area (Å²) in [4.78, 5) is 0. The van der Waals surface area contributed by atoms with Crippen LogP contribution in [0.2, 0.25) is 0 Å². The van der Waals surface area contributed by atoms with Crippen LogP contribution < -0.4 is 16.0 Å². The molecule has 0 heterocycles. The minimum atomic E-state index is -0.365. The van der Waals surface area contributed by atoms with E-state index in [0.717, 1.165) is 15.8 Å². The van der Waals surface area contributed by atoms with Gasteiger partial charge in [-0.3, -0.25) is 11.3 Å². The minimum absolute atomic E-state index is 0.116. The van der Waals surface area contributed by atoms with Gasteiger partial charge in [0.1, 0.15) is 5.75 Å². The lowest BCUT2D eigenvalue weighted by Crippen LogP contribution is -2.48. The number of hydrogen-bond donors (Lipinski definition) is 2. The van der Waals surface area contributed by atoms with Gasteiger partial charge in [-0.15, -0.1) is 0 Å². The Balaban J connectivity index is 2.78. The number of ether oxygens (including phenoxy) is 3. The Bertz CT molecular complexity index is 398. The highest BCUT2D eigenvalue weighted by Gasteiger charge is 2.21. The third kappa shape index (κ3) is 5.03. The normalized spacial score (nSPS) is 12.7. The molecule has 1 unspecified atom stereocenters. The van der Waals surface area contributed by atoms with Crippen LogP contribution in [0.4, 0.5) is 0 Å². The van der Waals surface area contributed by atoms with Crippen LogP contribution in [0.1, 0.15) is 19.4 Å². The van der Waals surface area contributed by atoms with Crippen LogP contribution in [-0.4, -0.2) is 32.7 Å². The quantitative estimate of drug-likeness (QED) is 0.407. The van der Waals surface area contributed by atoms with Crippen molar-refractivity contribution in [1.82, 2.24) is 5.43 Å². The Hall–Kier alpha value is -0.660. The fraction of sp³-hybridized carbons (Fsp3) is 0.571. The number of benzene rings is 1. The van der Waals surface area contributed by atoms with Crippen LogP contribution in [0.5, 0.6) is 5.75 Å². The van der Waals surface area contributed by atoms with Crippen molar-refractivity contribution in [3.8, 4) is 5.75 Å². The van der Waals surface area contributed by atoms with Gasteiger partial charge >= 0.3 is 0 Å². The first-order chi connectivity index (χ1) is 9.65. The molecule has 1 rings (SSSR count). The van der Waals surface area contributed by atoms with E-state index < -0.39 is 0 Å². The fourth-order valence-corrected chi connectivity index (χ4v) is 2.52. The van der Waals surface area contributed by atoms with Crippen LogP contribution in [0.3, 0.4) is 0 Å². The molecule has 0 aliphatic heterocycles. The van der Waals surface area contributed by atoms with Crippen molar-refractivity contribution in [1.29, 1.82) is 0 Å². The van der Waals surface area contributed by atoms with Gasteiger partial charge in [-0.1, -0.05) is 6.07 Å². The standard InChI is InChI=1S/C14H23BrN2O3/c1-4-19-14(20-5-2)12(17-16)9-10-6-7-13(18-3)11(15)8-10/h6-8,12,14,17H,4-5,9,16H2,1-3H3. The zero-order valence-corrected chi connectivity index (χ0v) is 13.8. The molecule has 0 amide bonds. The first-order valence-corrected chi connectivity index (χ1v) is 7.47. The van der Waals surface area contributed by atoms with E-state index in [4.69, 9.17) is 20.1 Å². The van der Waals surface area contributed by atoms with E-state index in [1.165, 1.54) is 0 Å². The first kappa shape index (κ1) is 17.4. The van der Waals surface area contributed by atoms with Crippen molar-refractivity contribution in [3.05, 3.63) is 28.2 Å². The van der Waals surface area contributed by atoms with Gasteiger partial charge in [-0.25, -0.2) is 0 Å². The molecular weight excluding hydrogens is 324 g/mol. The van der Waals surface area contributed by atoms with Gasteiger partial charge < -0.3 is 14.2 Å². The van der Waals surface area contributed by atoms with Gasteiger partial charge in [-0.05, 0) is 53.9 Å². The highest BCUT2D eigenvalue weighted by atomic mass is 79.9. The highest BCUT2D eigenvalue weighted by Crippen LogP contribution is 2.26. The maximum Gasteiger partial charge on any atom is 0.174 e. The molecule has 0 fully saturated rings. The van der Waals surface area contributed by atoms with Gasteiger partial charge in [0, 0.05) is 13.2 Å². The van der Waals surface area contributed by atoms with E-state index in [9.17, 15) is 0 Å². The smallest absolute Gasteiger partial charge is 0.174 e. The Morgan fingerprint density at radius 2 is 1.90 bits per heavy atom. The summed E-state index contributed by atoms with van der Waals surface area (Å²) >= 11 is 3.48. The maximum absolute atomic E-state index is 5.63. The topological polar surface area (TPSA) is 65.7 Å². The molecule has 0 radical (unpaired) electrons. The molecule has 6 heteroatoms. The summed E-state index contributed by atoms with van der Waals surface area (Å²) in [6, 6.07) is 5.82. The van der Waals surface area contributed by atoms with Crippen molar-refractivity contribution in [2.45, 2.75) is 32.6 Å². The van der Waals surface area contributed by atoms with Crippen LogP contribution >= 0.6 is 15.9 Å². The lowest BCUT2D eigenvalue weighted by Gasteiger charge is -2.26. The number of rotatable bonds is 9. The third-order valence-corrected chi connectivity index (χ3v) is 3.50. The molecule has 3 N–H and O–H groups in total. The molecule has 0 aliphatic rings. The lowest BCUT2D eigenvalue weighted by molar-refractivity contribution is -0.153. The Morgan fingerprint density at radius 1 is 1.25 bits per heavy atom. The summed E-state index contributed by atoms with van der Waals surface area (Å²) in [6.45, 7) is 5.03. The zero-order chi connectivity index (χ0) is 15.0. The number of nitrogens with one attached hydrogen (secondary N) is 1. The predicted molar refractivity (Wildman–Crippen MR) is 82.5 cm³/mol. The number of hydrazine groups is 1. The summed E-state index contributed by atoms with van der Waals surface area (Å²) in [5.41, 5.74) is 3.89. The van der Waals surface area contributed by atoms with E-state index in [-0.39, 0.29) is 12.3 Å². The largest absolute Gasteiger partial charge is 0.496 e. The fourth-order valence-electron chi connectivity index (χ4n) is 1.93. The molecule has 0 spiro atoms. The van der Waals surface area contributed by atoms with Crippen LogP contribution in [0, 0.1) is 0 Å². The number of methoxy groups -OCH3 is 1. The number of nitrogens with two attached hydrogens (primary N) is 1. The van der Waals surface area contributed by atoms with E-state index in [1.807, 2.05) is 32.0 Å². The summed E-state index contributed by atoms with van der Waals surface area (Å²) in [5.74, 6) is 6.43. The van der Waals surface area contributed by atoms with E-state index >= 15 is 0 Å². The monoisotopic (exact) mass is 346 g/mol. The van der Waals surface area contributed by atoms with Crippen molar-refractivity contribution >= 4 is 15.9 Å². The van der Waals surface area contributed by atoms with Crippen LogP contribution in [0.25, 0.3) is 0 Å².